The van der Waals surface area contributed by atoms with Crippen molar-refractivity contribution in [2.75, 3.05) is 32.7 Å². The topological polar surface area (TPSA) is 61.9 Å². The average molecular weight is 585 g/mol. The maximum absolute atomic E-state index is 12.5. The van der Waals surface area contributed by atoms with Crippen molar-refractivity contribution in [1.29, 1.82) is 0 Å². The summed E-state index contributed by atoms with van der Waals surface area (Å²) in [6.45, 7) is 9.12. The van der Waals surface area contributed by atoms with Crippen LogP contribution in [0.4, 0.5) is 0 Å². The van der Waals surface area contributed by atoms with Crippen molar-refractivity contribution in [3.8, 4) is 5.75 Å². The molecule has 1 saturated carbocycles. The normalized spacial score (nSPS) is 25.0. The van der Waals surface area contributed by atoms with Crippen LogP contribution in [-0.4, -0.2) is 62.5 Å². The van der Waals surface area contributed by atoms with Gasteiger partial charge in [-0.25, -0.2) is 0 Å². The van der Waals surface area contributed by atoms with E-state index in [1.54, 1.807) is 4.31 Å². The lowest BCUT2D eigenvalue weighted by molar-refractivity contribution is 0.174. The van der Waals surface area contributed by atoms with Crippen LogP contribution in [0.5, 0.6) is 5.75 Å². The van der Waals surface area contributed by atoms with Crippen LogP contribution in [0.1, 0.15) is 83.6 Å². The summed E-state index contributed by atoms with van der Waals surface area (Å²) in [6, 6.07) is 6.51. The van der Waals surface area contributed by atoms with Crippen molar-refractivity contribution in [3.05, 3.63) is 28.2 Å². The summed E-state index contributed by atoms with van der Waals surface area (Å²) in [5, 5.41) is 0. The lowest BCUT2D eigenvalue weighted by atomic mass is 9.83. The molecule has 3 fully saturated rings. The van der Waals surface area contributed by atoms with Gasteiger partial charge < -0.3 is 9.64 Å². The van der Waals surface area contributed by atoms with Crippen molar-refractivity contribution in [2.45, 2.75) is 96.6 Å². The number of benzene rings is 1. The summed E-state index contributed by atoms with van der Waals surface area (Å²) in [6.07, 6.45) is 12.7. The standard InChI is InChI=1S/C28H46BrN3O3S/c1-22(2)35-27-11-12-28(29)25(21-27)20-24-13-18-31(19-14-24)15-5-6-23-7-9-26(10-8-23)30-36(33,34)32-16-3-4-17-32/h11-12,21-24,26,30H,3-10,13-20H2,1-2H3. The fourth-order valence-corrected chi connectivity index (χ4v) is 8.12. The molecule has 1 aliphatic carbocycles. The number of nitrogens with one attached hydrogen (secondary N) is 1. The van der Waals surface area contributed by atoms with E-state index in [0.29, 0.717) is 13.1 Å². The van der Waals surface area contributed by atoms with Gasteiger partial charge in [-0.05, 0) is 140 Å². The molecule has 8 heteroatoms. The van der Waals surface area contributed by atoms with E-state index in [-0.39, 0.29) is 12.1 Å². The molecule has 0 amide bonds. The third-order valence-electron chi connectivity index (χ3n) is 8.26. The summed E-state index contributed by atoms with van der Waals surface area (Å²) >= 11 is 3.74. The molecule has 36 heavy (non-hydrogen) atoms. The molecule has 204 valence electrons. The number of ether oxygens (including phenoxy) is 1. The van der Waals surface area contributed by atoms with E-state index in [2.05, 4.69) is 57.6 Å². The zero-order valence-electron chi connectivity index (χ0n) is 22.3. The van der Waals surface area contributed by atoms with E-state index in [1.807, 2.05) is 0 Å². The van der Waals surface area contributed by atoms with Gasteiger partial charge in [-0.1, -0.05) is 15.9 Å². The van der Waals surface area contributed by atoms with E-state index < -0.39 is 10.2 Å². The first-order valence-corrected chi connectivity index (χ1v) is 16.5. The molecule has 0 bridgehead atoms. The van der Waals surface area contributed by atoms with Crippen molar-refractivity contribution in [3.63, 3.8) is 0 Å². The Morgan fingerprint density at radius 3 is 2.36 bits per heavy atom. The second kappa shape index (κ2) is 13.4. The van der Waals surface area contributed by atoms with Crippen LogP contribution in [-0.2, 0) is 16.6 Å². The molecular formula is C28H46BrN3O3S. The fraction of sp³-hybridized carbons (Fsp3) is 0.786. The van der Waals surface area contributed by atoms with Crippen LogP contribution in [0.3, 0.4) is 0 Å². The monoisotopic (exact) mass is 583 g/mol. The summed E-state index contributed by atoms with van der Waals surface area (Å²) in [4.78, 5) is 2.65. The molecule has 0 spiro atoms. The highest BCUT2D eigenvalue weighted by atomic mass is 79.9. The Morgan fingerprint density at radius 1 is 1.00 bits per heavy atom. The van der Waals surface area contributed by atoms with Gasteiger partial charge in [0.2, 0.25) is 0 Å². The molecule has 0 unspecified atom stereocenters. The molecule has 1 N–H and O–H groups in total. The van der Waals surface area contributed by atoms with Gasteiger partial charge in [0.1, 0.15) is 5.75 Å². The second-order valence-electron chi connectivity index (χ2n) is 11.5. The van der Waals surface area contributed by atoms with E-state index >= 15 is 0 Å². The molecule has 0 aromatic heterocycles. The smallest absolute Gasteiger partial charge is 0.279 e. The maximum Gasteiger partial charge on any atom is 0.279 e. The molecule has 2 saturated heterocycles. The first kappa shape index (κ1) is 28.3. The van der Waals surface area contributed by atoms with Crippen molar-refractivity contribution < 1.29 is 13.2 Å². The SMILES string of the molecule is CC(C)Oc1ccc(Br)c(CC2CCN(CCCC3CCC(NS(=O)(=O)N4CCCC4)CC3)CC2)c1. The zero-order chi connectivity index (χ0) is 25.5. The minimum atomic E-state index is -3.27. The first-order chi connectivity index (χ1) is 17.3. The van der Waals surface area contributed by atoms with E-state index in [9.17, 15) is 8.42 Å². The molecule has 2 aliphatic heterocycles. The maximum atomic E-state index is 12.5. The zero-order valence-corrected chi connectivity index (χ0v) is 24.7. The van der Waals surface area contributed by atoms with Crippen LogP contribution in [0.2, 0.25) is 0 Å². The lowest BCUT2D eigenvalue weighted by Crippen LogP contribution is -2.45. The summed E-state index contributed by atoms with van der Waals surface area (Å²) in [7, 11) is -3.27. The number of nitrogens with zero attached hydrogens (tertiary/aromatic N) is 2. The Hall–Kier alpha value is -0.670. The van der Waals surface area contributed by atoms with E-state index in [1.165, 1.54) is 55.4 Å². The number of hydrogen-bond donors (Lipinski definition) is 1. The van der Waals surface area contributed by atoms with Crippen LogP contribution in [0.25, 0.3) is 0 Å². The van der Waals surface area contributed by atoms with Crippen LogP contribution < -0.4 is 9.46 Å². The Kier molecular flexibility index (Phi) is 10.6. The minimum Gasteiger partial charge on any atom is -0.491 e. The van der Waals surface area contributed by atoms with Gasteiger partial charge >= 0.3 is 0 Å². The lowest BCUT2D eigenvalue weighted by Gasteiger charge is -2.33. The minimum absolute atomic E-state index is 0.128. The molecule has 1 aromatic carbocycles. The van der Waals surface area contributed by atoms with Crippen LogP contribution in [0.15, 0.2) is 22.7 Å². The van der Waals surface area contributed by atoms with Gasteiger partial charge in [0.15, 0.2) is 0 Å². The molecule has 4 rings (SSSR count). The molecule has 3 aliphatic rings. The average Bonchev–Trinajstić information content (AvgIpc) is 3.39. The third-order valence-corrected chi connectivity index (χ3v) is 10.7. The number of halogens is 1. The van der Waals surface area contributed by atoms with Gasteiger partial charge in [0, 0.05) is 23.6 Å². The third kappa shape index (κ3) is 8.42. The Labute approximate surface area is 227 Å². The molecule has 0 radical (unpaired) electrons. The van der Waals surface area contributed by atoms with Gasteiger partial charge in [0.25, 0.3) is 10.2 Å². The Balaban J connectivity index is 1.10. The highest BCUT2D eigenvalue weighted by molar-refractivity contribution is 9.10. The summed E-state index contributed by atoms with van der Waals surface area (Å²) < 4.78 is 36.7. The summed E-state index contributed by atoms with van der Waals surface area (Å²) in [5.41, 5.74) is 1.37. The first-order valence-electron chi connectivity index (χ1n) is 14.2. The number of rotatable bonds is 11. The van der Waals surface area contributed by atoms with Crippen molar-refractivity contribution >= 4 is 26.1 Å². The number of piperidine rings is 1. The molecule has 1 aromatic rings. The highest BCUT2D eigenvalue weighted by Gasteiger charge is 2.30. The predicted octanol–water partition coefficient (Wildman–Crippen LogP) is 5.76. The van der Waals surface area contributed by atoms with Crippen LogP contribution >= 0.6 is 15.9 Å². The number of likely N-dealkylation sites (tertiary alicyclic amines) is 1. The fourth-order valence-electron chi connectivity index (χ4n) is 6.16. The Morgan fingerprint density at radius 2 is 1.69 bits per heavy atom. The van der Waals surface area contributed by atoms with Gasteiger partial charge in [0.05, 0.1) is 6.10 Å². The van der Waals surface area contributed by atoms with E-state index in [0.717, 1.165) is 62.5 Å². The molecular weight excluding hydrogens is 538 g/mol. The quantitative estimate of drug-likeness (QED) is 0.359. The molecule has 2 heterocycles. The summed E-state index contributed by atoms with van der Waals surface area (Å²) in [5.74, 6) is 2.47. The largest absolute Gasteiger partial charge is 0.491 e. The van der Waals surface area contributed by atoms with Gasteiger partial charge in [-0.3, -0.25) is 0 Å². The number of hydrogen-bond acceptors (Lipinski definition) is 4. The Bertz CT molecular complexity index is 920. The second-order valence-corrected chi connectivity index (χ2v) is 14.1. The predicted molar refractivity (Wildman–Crippen MR) is 151 cm³/mol. The van der Waals surface area contributed by atoms with Crippen molar-refractivity contribution in [2.24, 2.45) is 11.8 Å². The van der Waals surface area contributed by atoms with Gasteiger partial charge in [-0.2, -0.15) is 17.4 Å². The highest BCUT2D eigenvalue weighted by Crippen LogP contribution is 2.31. The van der Waals surface area contributed by atoms with E-state index in [4.69, 9.17) is 4.74 Å². The molecule has 0 atom stereocenters. The van der Waals surface area contributed by atoms with Crippen LogP contribution in [0, 0.1) is 11.8 Å². The van der Waals surface area contributed by atoms with Gasteiger partial charge in [-0.15, -0.1) is 0 Å². The molecule has 6 nitrogen and oxygen atoms in total. The van der Waals surface area contributed by atoms with Crippen molar-refractivity contribution in [1.82, 2.24) is 13.9 Å².